The van der Waals surface area contributed by atoms with Crippen molar-refractivity contribution in [1.29, 1.82) is 0 Å². The summed E-state index contributed by atoms with van der Waals surface area (Å²) in [5.74, 6) is -0.0755. The van der Waals surface area contributed by atoms with Crippen LogP contribution in [0.2, 0.25) is 0 Å². The molecule has 5 rings (SSSR count). The highest BCUT2D eigenvalue weighted by atomic mass is 32.1. The van der Waals surface area contributed by atoms with Crippen LogP contribution < -0.4 is 25.9 Å². The summed E-state index contributed by atoms with van der Waals surface area (Å²) < 4.78 is 25.7. The van der Waals surface area contributed by atoms with Gasteiger partial charge in [-0.2, -0.15) is 0 Å². The molecule has 3 aromatic rings. The van der Waals surface area contributed by atoms with Gasteiger partial charge in [-0.1, -0.05) is 0 Å². The molecule has 2 aliphatic heterocycles. The van der Waals surface area contributed by atoms with E-state index in [1.54, 1.807) is 0 Å². The van der Waals surface area contributed by atoms with Gasteiger partial charge in [-0.15, -0.1) is 0 Å². The minimum absolute atomic E-state index is 0.0707. The van der Waals surface area contributed by atoms with E-state index in [9.17, 15) is 9.59 Å². The summed E-state index contributed by atoms with van der Waals surface area (Å²) in [4.78, 5) is 27.7. The number of H-pyrrole nitrogens is 1. The van der Waals surface area contributed by atoms with Crippen molar-refractivity contribution in [3.05, 3.63) is 32.5 Å². The van der Waals surface area contributed by atoms with E-state index in [0.29, 0.717) is 41.5 Å². The van der Waals surface area contributed by atoms with Gasteiger partial charge in [-0.3, -0.25) is 14.0 Å². The minimum atomic E-state index is -0.483. The molecule has 0 radical (unpaired) electrons. The van der Waals surface area contributed by atoms with Gasteiger partial charge >= 0.3 is 0 Å². The third-order valence-corrected chi connectivity index (χ3v) is 6.24. The number of rotatable bonds is 1. The summed E-state index contributed by atoms with van der Waals surface area (Å²) in [6.45, 7) is 5.35. The molecule has 0 saturated carbocycles. The van der Waals surface area contributed by atoms with Gasteiger partial charge in [0.05, 0.1) is 16.9 Å². The first-order valence-electron chi connectivity index (χ1n) is 9.08. The number of aromatic nitrogens is 2. The van der Waals surface area contributed by atoms with Crippen LogP contribution >= 0.6 is 11.5 Å². The lowest BCUT2D eigenvalue weighted by Gasteiger charge is -2.32. The van der Waals surface area contributed by atoms with Gasteiger partial charge < -0.3 is 19.5 Å². The SMILES string of the molecule is CC1COc2c(N3CCCNCC3)c(F)cc3c(=O)c4c(=O)[nH]sc4n1c23. The molecule has 142 valence electrons. The van der Waals surface area contributed by atoms with Crippen LogP contribution in [0.15, 0.2) is 15.7 Å². The van der Waals surface area contributed by atoms with Gasteiger partial charge in [0.25, 0.3) is 5.56 Å². The molecular weight excluding hydrogens is 371 g/mol. The largest absolute Gasteiger partial charge is 0.487 e. The van der Waals surface area contributed by atoms with E-state index in [0.717, 1.165) is 31.0 Å². The number of fused-ring (bicyclic) bond motifs is 2. The molecule has 1 atom stereocenters. The maximum absolute atomic E-state index is 15.2. The number of anilines is 1. The Balaban J connectivity index is 1.91. The van der Waals surface area contributed by atoms with Crippen molar-refractivity contribution < 1.29 is 9.13 Å². The molecule has 0 amide bonds. The Kier molecular flexibility index (Phi) is 3.76. The Morgan fingerprint density at radius 3 is 3.00 bits per heavy atom. The number of hydrogen-bond donors (Lipinski definition) is 2. The molecule has 2 N–H and O–H groups in total. The number of aromatic amines is 1. The fraction of sp³-hybridized carbons (Fsp3) is 0.444. The first-order chi connectivity index (χ1) is 13.1. The van der Waals surface area contributed by atoms with Crippen molar-refractivity contribution in [2.75, 3.05) is 37.7 Å². The predicted molar refractivity (Wildman–Crippen MR) is 104 cm³/mol. The van der Waals surface area contributed by atoms with Crippen LogP contribution in [0.25, 0.3) is 21.1 Å². The van der Waals surface area contributed by atoms with Crippen LogP contribution in [0.3, 0.4) is 0 Å². The Hall–Kier alpha value is -2.39. The fourth-order valence-electron chi connectivity index (χ4n) is 4.12. The van der Waals surface area contributed by atoms with Gasteiger partial charge in [0, 0.05) is 19.6 Å². The van der Waals surface area contributed by atoms with E-state index in [2.05, 4.69) is 9.69 Å². The monoisotopic (exact) mass is 390 g/mol. The van der Waals surface area contributed by atoms with Gasteiger partial charge in [-0.25, -0.2) is 4.39 Å². The van der Waals surface area contributed by atoms with Gasteiger partial charge in [0.1, 0.15) is 22.5 Å². The Morgan fingerprint density at radius 2 is 2.15 bits per heavy atom. The lowest BCUT2D eigenvalue weighted by atomic mass is 10.1. The minimum Gasteiger partial charge on any atom is -0.487 e. The molecule has 1 saturated heterocycles. The molecule has 27 heavy (non-hydrogen) atoms. The average molecular weight is 390 g/mol. The first-order valence-corrected chi connectivity index (χ1v) is 9.90. The molecule has 2 aromatic heterocycles. The van der Waals surface area contributed by atoms with Gasteiger partial charge in [-0.05, 0) is 37.5 Å². The van der Waals surface area contributed by atoms with Crippen LogP contribution in [0.5, 0.6) is 5.75 Å². The summed E-state index contributed by atoms with van der Waals surface area (Å²) >= 11 is 1.14. The smallest absolute Gasteiger partial charge is 0.271 e. The maximum Gasteiger partial charge on any atom is 0.271 e. The lowest BCUT2D eigenvalue weighted by molar-refractivity contribution is 0.250. The summed E-state index contributed by atoms with van der Waals surface area (Å²) in [5, 5.41) is 3.60. The second-order valence-corrected chi connectivity index (χ2v) is 7.89. The van der Waals surface area contributed by atoms with E-state index >= 15 is 4.39 Å². The highest BCUT2D eigenvalue weighted by Crippen LogP contribution is 2.43. The number of nitrogens with zero attached hydrogens (tertiary/aromatic N) is 2. The zero-order chi connectivity index (χ0) is 18.7. The molecule has 1 fully saturated rings. The van der Waals surface area contributed by atoms with E-state index < -0.39 is 16.8 Å². The second kappa shape index (κ2) is 6.07. The molecule has 0 bridgehead atoms. The topological polar surface area (TPSA) is 79.4 Å². The van der Waals surface area contributed by atoms with Crippen molar-refractivity contribution in [3.63, 3.8) is 0 Å². The molecule has 7 nitrogen and oxygen atoms in total. The normalized spacial score (nSPS) is 20.1. The van der Waals surface area contributed by atoms with Crippen LogP contribution in [0, 0.1) is 5.82 Å². The van der Waals surface area contributed by atoms with Crippen molar-refractivity contribution >= 4 is 38.3 Å². The summed E-state index contributed by atoms with van der Waals surface area (Å²) in [5.41, 5.74) is 0.123. The molecule has 0 spiro atoms. The highest BCUT2D eigenvalue weighted by Gasteiger charge is 2.31. The Morgan fingerprint density at radius 1 is 1.30 bits per heavy atom. The van der Waals surface area contributed by atoms with E-state index in [-0.39, 0.29) is 16.8 Å². The summed E-state index contributed by atoms with van der Waals surface area (Å²) in [6.07, 6.45) is 0.901. The third kappa shape index (κ3) is 2.34. The summed E-state index contributed by atoms with van der Waals surface area (Å²) in [6, 6.07) is 1.20. The molecule has 9 heteroatoms. The first kappa shape index (κ1) is 16.8. The molecule has 1 unspecified atom stereocenters. The summed E-state index contributed by atoms with van der Waals surface area (Å²) in [7, 11) is 0. The van der Waals surface area contributed by atoms with Gasteiger partial charge in [0.2, 0.25) is 5.43 Å². The van der Waals surface area contributed by atoms with Crippen LogP contribution in [-0.4, -0.2) is 41.7 Å². The number of ether oxygens (including phenoxy) is 1. The number of nitrogens with one attached hydrogen (secondary N) is 2. The number of pyridine rings is 1. The Bertz CT molecular complexity index is 1170. The quantitative estimate of drug-likeness (QED) is 0.662. The van der Waals surface area contributed by atoms with Crippen molar-refractivity contribution in [2.24, 2.45) is 0 Å². The third-order valence-electron chi connectivity index (χ3n) is 5.36. The maximum atomic E-state index is 15.2. The highest BCUT2D eigenvalue weighted by molar-refractivity contribution is 7.12. The molecule has 1 aromatic carbocycles. The van der Waals surface area contributed by atoms with Crippen molar-refractivity contribution in [1.82, 2.24) is 14.3 Å². The molecule has 4 heterocycles. The predicted octanol–water partition coefficient (Wildman–Crippen LogP) is 1.80. The standard InChI is InChI=1S/C18H19FN4O3S/c1-9-8-26-16-13-10(15(24)12-17(25)21-27-18(12)23(9)13)7-11(19)14(16)22-5-2-3-20-4-6-22/h7,9,20H,2-6,8H2,1H3,(H,21,25). The second-order valence-electron chi connectivity index (χ2n) is 7.10. The van der Waals surface area contributed by atoms with Crippen LogP contribution in [-0.2, 0) is 0 Å². The van der Waals surface area contributed by atoms with E-state index in [1.807, 2.05) is 16.4 Å². The van der Waals surface area contributed by atoms with Crippen molar-refractivity contribution in [2.45, 2.75) is 19.4 Å². The number of halogens is 1. The Labute approximate surface area is 157 Å². The fourth-order valence-corrected chi connectivity index (χ4v) is 5.07. The molecule has 2 aliphatic rings. The molecular formula is C18H19FN4O3S. The average Bonchev–Trinajstić information content (AvgIpc) is 2.86. The van der Waals surface area contributed by atoms with Gasteiger partial charge in [0.15, 0.2) is 11.6 Å². The lowest BCUT2D eigenvalue weighted by Crippen LogP contribution is -2.31. The van der Waals surface area contributed by atoms with E-state index in [1.165, 1.54) is 6.07 Å². The number of benzene rings is 1. The van der Waals surface area contributed by atoms with Crippen LogP contribution in [0.1, 0.15) is 19.4 Å². The molecule has 0 aliphatic carbocycles. The zero-order valence-corrected chi connectivity index (χ0v) is 15.6. The van der Waals surface area contributed by atoms with Crippen molar-refractivity contribution in [3.8, 4) is 5.75 Å². The van der Waals surface area contributed by atoms with Crippen LogP contribution in [0.4, 0.5) is 10.1 Å². The zero-order valence-electron chi connectivity index (χ0n) is 14.8. The van der Waals surface area contributed by atoms with E-state index in [4.69, 9.17) is 4.74 Å². The number of hydrogen-bond acceptors (Lipinski definition) is 6.